The Morgan fingerprint density at radius 3 is 2.59 bits per heavy atom. The lowest BCUT2D eigenvalue weighted by Gasteiger charge is -2.22. The van der Waals surface area contributed by atoms with Crippen molar-refractivity contribution in [3.8, 4) is 5.75 Å². The van der Waals surface area contributed by atoms with Gasteiger partial charge in [-0.2, -0.15) is 0 Å². The second-order valence-electron chi connectivity index (χ2n) is 5.42. The monoisotopic (exact) mass is 300 g/mol. The first-order chi connectivity index (χ1) is 10.7. The summed E-state index contributed by atoms with van der Waals surface area (Å²) in [4.78, 5) is 14.9. The van der Waals surface area contributed by atoms with E-state index in [1.165, 1.54) is 0 Å². The molecule has 0 amide bonds. The minimum Gasteiger partial charge on any atom is -0.486 e. The van der Waals surface area contributed by atoms with Gasteiger partial charge in [0.2, 0.25) is 5.95 Å². The van der Waals surface area contributed by atoms with Crippen molar-refractivity contribution in [2.75, 3.05) is 18.0 Å². The molecule has 0 radical (unpaired) electrons. The van der Waals surface area contributed by atoms with Gasteiger partial charge in [0.15, 0.2) is 0 Å². The number of ether oxygens (including phenoxy) is 1. The van der Waals surface area contributed by atoms with Crippen molar-refractivity contribution < 1.29 is 9.84 Å². The number of anilines is 1. The number of aromatic nitrogens is 3. The highest BCUT2D eigenvalue weighted by Crippen LogP contribution is 2.22. The van der Waals surface area contributed by atoms with Gasteiger partial charge in [-0.05, 0) is 31.5 Å². The molecule has 0 aromatic carbocycles. The molecule has 1 fully saturated rings. The lowest BCUT2D eigenvalue weighted by Crippen LogP contribution is -2.31. The number of nitrogens with zero attached hydrogens (tertiary/aromatic N) is 4. The summed E-state index contributed by atoms with van der Waals surface area (Å²) >= 11 is 0. The summed E-state index contributed by atoms with van der Waals surface area (Å²) in [5, 5.41) is 10.4. The van der Waals surface area contributed by atoms with E-state index in [1.54, 1.807) is 24.7 Å². The summed E-state index contributed by atoms with van der Waals surface area (Å²) in [6, 6.07) is 5.53. The average Bonchev–Trinajstić information content (AvgIpc) is 2.73. The molecule has 1 aliphatic rings. The molecule has 6 nitrogen and oxygen atoms in total. The molecule has 0 aliphatic carbocycles. The molecule has 1 aliphatic heterocycles. The maximum atomic E-state index is 10.4. The first-order valence-corrected chi connectivity index (χ1v) is 7.52. The molecule has 2 aromatic heterocycles. The molecule has 22 heavy (non-hydrogen) atoms. The van der Waals surface area contributed by atoms with E-state index in [1.807, 2.05) is 19.1 Å². The van der Waals surface area contributed by atoms with Gasteiger partial charge in [-0.3, -0.25) is 4.98 Å². The Morgan fingerprint density at radius 1 is 1.09 bits per heavy atom. The van der Waals surface area contributed by atoms with Crippen LogP contribution in [0.15, 0.2) is 36.8 Å². The number of hydrogen-bond donors (Lipinski definition) is 1. The van der Waals surface area contributed by atoms with Crippen LogP contribution in [0.5, 0.6) is 5.75 Å². The molecule has 3 heterocycles. The van der Waals surface area contributed by atoms with Crippen LogP contribution in [0.25, 0.3) is 0 Å². The lowest BCUT2D eigenvalue weighted by molar-refractivity contribution is 0.0344. The molecule has 1 N–H and O–H groups in total. The molecule has 116 valence electrons. The van der Waals surface area contributed by atoms with Gasteiger partial charge in [-0.15, -0.1) is 0 Å². The van der Waals surface area contributed by atoms with E-state index in [2.05, 4.69) is 19.9 Å². The van der Waals surface area contributed by atoms with E-state index in [9.17, 15) is 5.11 Å². The molecule has 2 aromatic rings. The molecule has 0 saturated carbocycles. The van der Waals surface area contributed by atoms with E-state index in [0.717, 1.165) is 24.5 Å². The average molecular weight is 300 g/mol. The van der Waals surface area contributed by atoms with E-state index in [0.29, 0.717) is 18.8 Å². The van der Waals surface area contributed by atoms with Crippen LogP contribution in [0.1, 0.15) is 18.5 Å². The van der Waals surface area contributed by atoms with Crippen LogP contribution in [0.2, 0.25) is 0 Å². The Labute approximate surface area is 129 Å². The Bertz CT molecular complexity index is 608. The number of pyridine rings is 1. The summed E-state index contributed by atoms with van der Waals surface area (Å²) in [5.41, 5.74) is 0.835. The van der Waals surface area contributed by atoms with Gasteiger partial charge in [0.1, 0.15) is 11.9 Å². The van der Waals surface area contributed by atoms with E-state index in [4.69, 9.17) is 4.74 Å². The van der Waals surface area contributed by atoms with Crippen molar-refractivity contribution in [1.29, 1.82) is 0 Å². The fraction of sp³-hybridized carbons (Fsp3) is 0.438. The number of rotatable bonds is 3. The summed E-state index contributed by atoms with van der Waals surface area (Å²) < 4.78 is 5.98. The second-order valence-corrected chi connectivity index (χ2v) is 5.42. The Hall–Kier alpha value is -2.21. The predicted molar refractivity (Wildman–Crippen MR) is 82.9 cm³/mol. The third-order valence-corrected chi connectivity index (χ3v) is 3.88. The highest BCUT2D eigenvalue weighted by atomic mass is 16.5. The maximum absolute atomic E-state index is 10.4. The zero-order chi connectivity index (χ0) is 15.4. The molecular formula is C16H20N4O2. The van der Waals surface area contributed by atoms with Crippen molar-refractivity contribution in [3.63, 3.8) is 0 Å². The Balaban J connectivity index is 1.69. The summed E-state index contributed by atoms with van der Waals surface area (Å²) in [6.07, 6.45) is 5.80. The molecule has 2 atom stereocenters. The normalized spacial score (nSPS) is 22.2. The quantitative estimate of drug-likeness (QED) is 0.928. The lowest BCUT2D eigenvalue weighted by atomic mass is 10.1. The van der Waals surface area contributed by atoms with Gasteiger partial charge in [0.25, 0.3) is 0 Å². The van der Waals surface area contributed by atoms with E-state index < -0.39 is 6.10 Å². The third-order valence-electron chi connectivity index (χ3n) is 3.88. The molecule has 0 unspecified atom stereocenters. The fourth-order valence-corrected chi connectivity index (χ4v) is 2.61. The van der Waals surface area contributed by atoms with E-state index >= 15 is 0 Å². The highest BCUT2D eigenvalue weighted by Gasteiger charge is 2.27. The Morgan fingerprint density at radius 2 is 1.82 bits per heavy atom. The first kappa shape index (κ1) is 14.7. The molecule has 1 saturated heterocycles. The Kier molecular flexibility index (Phi) is 4.48. The topological polar surface area (TPSA) is 71.4 Å². The smallest absolute Gasteiger partial charge is 0.225 e. The number of aryl methyl sites for hydroxylation is 1. The van der Waals surface area contributed by atoms with Crippen molar-refractivity contribution in [3.05, 3.63) is 42.5 Å². The summed E-state index contributed by atoms with van der Waals surface area (Å²) in [7, 11) is 0. The van der Waals surface area contributed by atoms with Crippen LogP contribution in [0, 0.1) is 6.92 Å². The fourth-order valence-electron chi connectivity index (χ4n) is 2.61. The van der Waals surface area contributed by atoms with Crippen LogP contribution < -0.4 is 9.64 Å². The number of aliphatic hydroxyl groups excluding tert-OH is 1. The zero-order valence-corrected chi connectivity index (χ0v) is 12.6. The maximum Gasteiger partial charge on any atom is 0.225 e. The molecule has 3 rings (SSSR count). The summed E-state index contributed by atoms with van der Waals surface area (Å²) in [6.45, 7) is 3.38. The minimum atomic E-state index is -0.506. The number of hydrogen-bond acceptors (Lipinski definition) is 6. The largest absolute Gasteiger partial charge is 0.486 e. The van der Waals surface area contributed by atoms with Crippen LogP contribution in [-0.4, -0.2) is 45.4 Å². The molecule has 0 bridgehead atoms. The highest BCUT2D eigenvalue weighted by molar-refractivity contribution is 5.29. The van der Waals surface area contributed by atoms with Gasteiger partial charge >= 0.3 is 0 Å². The third kappa shape index (κ3) is 3.33. The first-order valence-electron chi connectivity index (χ1n) is 7.52. The van der Waals surface area contributed by atoms with Gasteiger partial charge in [0.05, 0.1) is 11.8 Å². The van der Waals surface area contributed by atoms with Crippen LogP contribution in [-0.2, 0) is 0 Å². The SMILES string of the molecule is Cc1ncccc1O[C@H]1CCN(c2ncccn2)CC[C@@H]1O. The zero-order valence-electron chi connectivity index (χ0n) is 12.6. The van der Waals surface area contributed by atoms with Gasteiger partial charge in [0, 0.05) is 38.1 Å². The van der Waals surface area contributed by atoms with Crippen molar-refractivity contribution in [1.82, 2.24) is 15.0 Å². The van der Waals surface area contributed by atoms with E-state index in [-0.39, 0.29) is 6.10 Å². The van der Waals surface area contributed by atoms with Crippen LogP contribution >= 0.6 is 0 Å². The second kappa shape index (κ2) is 6.70. The van der Waals surface area contributed by atoms with Gasteiger partial charge < -0.3 is 14.7 Å². The minimum absolute atomic E-state index is 0.239. The van der Waals surface area contributed by atoms with Gasteiger partial charge in [-0.25, -0.2) is 9.97 Å². The predicted octanol–water partition coefficient (Wildman–Crippen LogP) is 1.59. The molecular weight excluding hydrogens is 280 g/mol. The standard InChI is InChI=1S/C16H20N4O2/c1-12-14(4-2-7-17-12)22-15-6-11-20(10-5-13(15)21)16-18-8-3-9-19-16/h2-4,7-9,13,15,21H,5-6,10-11H2,1H3/t13-,15-/m0/s1. The van der Waals surface area contributed by atoms with Crippen molar-refractivity contribution in [2.24, 2.45) is 0 Å². The molecule has 0 spiro atoms. The van der Waals surface area contributed by atoms with Crippen LogP contribution in [0.3, 0.4) is 0 Å². The van der Waals surface area contributed by atoms with Crippen molar-refractivity contribution in [2.45, 2.75) is 32.0 Å². The van der Waals surface area contributed by atoms with Gasteiger partial charge in [-0.1, -0.05) is 0 Å². The summed E-state index contributed by atoms with van der Waals surface area (Å²) in [5.74, 6) is 1.43. The molecule has 6 heteroatoms. The number of aliphatic hydroxyl groups is 1. The van der Waals surface area contributed by atoms with Crippen molar-refractivity contribution >= 4 is 5.95 Å². The van der Waals surface area contributed by atoms with Crippen LogP contribution in [0.4, 0.5) is 5.95 Å².